The predicted octanol–water partition coefficient (Wildman–Crippen LogP) is 4.48. The van der Waals surface area contributed by atoms with E-state index in [1.807, 2.05) is 9.80 Å². The fourth-order valence-electron chi connectivity index (χ4n) is 5.28. The number of alkyl halides is 3. The number of halogens is 4. The first-order valence-electron chi connectivity index (χ1n) is 13.2. The van der Waals surface area contributed by atoms with Gasteiger partial charge in [-0.25, -0.2) is 17.8 Å². The fraction of sp³-hybridized carbons (Fsp3) is 0.357. The van der Waals surface area contributed by atoms with Gasteiger partial charge in [-0.15, -0.1) is 0 Å². The Morgan fingerprint density at radius 2 is 1.88 bits per heavy atom. The van der Waals surface area contributed by atoms with Gasteiger partial charge in [-0.2, -0.15) is 13.2 Å². The number of hydrogen-bond donors (Lipinski definition) is 1. The summed E-state index contributed by atoms with van der Waals surface area (Å²) in [6.45, 7) is 3.46. The van der Waals surface area contributed by atoms with Crippen LogP contribution in [0.2, 0.25) is 0 Å². The number of aromatic nitrogens is 1. The second-order valence-corrected chi connectivity index (χ2v) is 11.9. The Morgan fingerprint density at radius 3 is 2.60 bits per heavy atom. The summed E-state index contributed by atoms with van der Waals surface area (Å²) >= 11 is 0. The Kier molecular flexibility index (Phi) is 8.03. The summed E-state index contributed by atoms with van der Waals surface area (Å²) in [5.41, 5.74) is -0.194. The highest BCUT2D eigenvalue weighted by atomic mass is 32.2. The number of pyridine rings is 1. The predicted molar refractivity (Wildman–Crippen MR) is 147 cm³/mol. The number of ether oxygens (including phenoxy) is 1. The maximum absolute atomic E-state index is 14.4. The third-order valence-corrected chi connectivity index (χ3v) is 9.01. The lowest BCUT2D eigenvalue weighted by molar-refractivity contribution is -0.138. The van der Waals surface area contributed by atoms with Gasteiger partial charge < -0.3 is 14.7 Å². The molecular formula is C28H28F4N4O5S. The van der Waals surface area contributed by atoms with Gasteiger partial charge in [-0.3, -0.25) is 14.0 Å². The monoisotopic (exact) mass is 608 g/mol. The lowest BCUT2D eigenvalue weighted by Gasteiger charge is -2.48. The molecule has 3 heterocycles. The Bertz CT molecular complexity index is 1600. The first-order valence-corrected chi connectivity index (χ1v) is 14.7. The maximum Gasteiger partial charge on any atom is 0.416 e. The van der Waals surface area contributed by atoms with Crippen molar-refractivity contribution in [2.24, 2.45) is 0 Å². The lowest BCUT2D eigenvalue weighted by Crippen LogP contribution is -2.61. The fourth-order valence-corrected chi connectivity index (χ4v) is 6.82. The van der Waals surface area contributed by atoms with Gasteiger partial charge in [0.2, 0.25) is 0 Å². The van der Waals surface area contributed by atoms with Gasteiger partial charge in [0, 0.05) is 44.0 Å². The molecule has 1 N–H and O–H groups in total. The van der Waals surface area contributed by atoms with Crippen molar-refractivity contribution in [1.82, 2.24) is 9.88 Å². The van der Waals surface area contributed by atoms with Crippen LogP contribution < -0.4 is 13.9 Å². The molecule has 5 rings (SSSR count). The van der Waals surface area contributed by atoms with Crippen molar-refractivity contribution in [3.8, 4) is 16.9 Å². The Morgan fingerprint density at radius 1 is 1.10 bits per heavy atom. The number of carboxylic acid groups (broad SMARTS) is 1. The number of benzene rings is 2. The zero-order valence-electron chi connectivity index (χ0n) is 22.5. The van der Waals surface area contributed by atoms with E-state index in [-0.39, 0.29) is 30.9 Å². The molecule has 1 aromatic heterocycles. The summed E-state index contributed by atoms with van der Waals surface area (Å²) in [6.07, 6.45) is -3.35. The highest BCUT2D eigenvalue weighted by Crippen LogP contribution is 2.41. The van der Waals surface area contributed by atoms with Crippen LogP contribution in [-0.2, 0) is 21.0 Å². The van der Waals surface area contributed by atoms with Gasteiger partial charge in [-0.1, -0.05) is 6.07 Å². The summed E-state index contributed by atoms with van der Waals surface area (Å²) in [4.78, 5) is 19.0. The molecule has 0 unspecified atom stereocenters. The van der Waals surface area contributed by atoms with Crippen LogP contribution >= 0.6 is 0 Å². The highest BCUT2D eigenvalue weighted by Gasteiger charge is 2.41. The van der Waals surface area contributed by atoms with Gasteiger partial charge in [0.1, 0.15) is 11.6 Å². The molecule has 2 aliphatic heterocycles. The number of carboxylic acids is 1. The molecule has 2 aromatic carbocycles. The number of hydrogen-bond acceptors (Lipinski definition) is 7. The number of carbonyl (C=O) groups is 1. The van der Waals surface area contributed by atoms with E-state index >= 15 is 0 Å². The van der Waals surface area contributed by atoms with E-state index in [4.69, 9.17) is 9.84 Å². The molecule has 1 atom stereocenters. The summed E-state index contributed by atoms with van der Waals surface area (Å²) in [5, 5.41) is 9.10. The van der Waals surface area contributed by atoms with Crippen LogP contribution in [0.4, 0.5) is 29.1 Å². The molecule has 0 spiro atoms. The molecule has 224 valence electrons. The van der Waals surface area contributed by atoms with E-state index in [0.717, 1.165) is 22.5 Å². The zero-order valence-corrected chi connectivity index (χ0v) is 23.3. The van der Waals surface area contributed by atoms with Crippen molar-refractivity contribution in [2.45, 2.75) is 30.5 Å². The second-order valence-electron chi connectivity index (χ2n) is 10.0. The van der Waals surface area contributed by atoms with Gasteiger partial charge >= 0.3 is 12.1 Å². The first kappa shape index (κ1) is 29.6. The van der Waals surface area contributed by atoms with Crippen LogP contribution in [0.1, 0.15) is 18.9 Å². The summed E-state index contributed by atoms with van der Waals surface area (Å²) < 4.78 is 89.3. The molecule has 14 heteroatoms. The number of anilines is 2. The quantitative estimate of drug-likeness (QED) is 0.374. The first-order chi connectivity index (χ1) is 19.9. The molecular weight excluding hydrogens is 580 g/mol. The molecule has 3 aromatic rings. The summed E-state index contributed by atoms with van der Waals surface area (Å²) in [7, 11) is -4.52. The van der Waals surface area contributed by atoms with Gasteiger partial charge in [0.05, 0.1) is 41.8 Å². The van der Waals surface area contributed by atoms with E-state index in [9.17, 15) is 30.8 Å². The van der Waals surface area contributed by atoms with Gasteiger partial charge in [0.15, 0.2) is 5.82 Å². The molecule has 9 nitrogen and oxygen atoms in total. The zero-order chi connectivity index (χ0) is 30.2. The van der Waals surface area contributed by atoms with E-state index in [1.54, 1.807) is 13.0 Å². The summed E-state index contributed by atoms with van der Waals surface area (Å²) in [6, 6.07) is 8.69. The van der Waals surface area contributed by atoms with Crippen molar-refractivity contribution in [2.75, 3.05) is 48.5 Å². The second kappa shape index (κ2) is 11.4. The van der Waals surface area contributed by atoms with Gasteiger partial charge in [-0.05, 0) is 48.9 Å². The van der Waals surface area contributed by atoms with Gasteiger partial charge in [0.25, 0.3) is 10.0 Å². The van der Waals surface area contributed by atoms with Crippen LogP contribution in [0.15, 0.2) is 59.6 Å². The number of aliphatic carboxylic acids is 1. The van der Waals surface area contributed by atoms with Crippen molar-refractivity contribution < 1.29 is 40.6 Å². The number of fused-ring (bicyclic) bond motifs is 3. The molecule has 0 saturated carbocycles. The maximum atomic E-state index is 14.4. The van der Waals surface area contributed by atoms with E-state index < -0.39 is 44.5 Å². The molecule has 0 bridgehead atoms. The van der Waals surface area contributed by atoms with Crippen LogP contribution in [0, 0.1) is 5.82 Å². The standard InChI is InChI=1S/C28H28F4N4O5S/c1-2-41-23-11-18(10-21(29)14-23)19-12-25-27(33-15-19)35-9-8-34(7-6-26(37)38)16-22(35)17-36(25)42(39,40)24-5-3-4-20(13-24)28(30,31)32/h3-5,10-15,22H,2,6-9,16-17H2,1H3,(H,37,38)/t22-/m0/s1. The van der Waals surface area contributed by atoms with E-state index in [1.165, 1.54) is 24.4 Å². The smallest absolute Gasteiger partial charge is 0.416 e. The topological polar surface area (TPSA) is 103 Å². The van der Waals surface area contributed by atoms with Crippen molar-refractivity contribution in [3.05, 3.63) is 66.1 Å². The molecule has 0 amide bonds. The minimum Gasteiger partial charge on any atom is -0.494 e. The normalized spacial score (nSPS) is 17.5. The molecule has 2 aliphatic rings. The SMILES string of the molecule is CCOc1cc(F)cc(-c2cnc3c(c2)N(S(=O)(=O)c2cccc(C(F)(F)F)c2)C[C@@H]2CN(CCC(=O)O)CCN32)c1. The average molecular weight is 609 g/mol. The number of piperazine rings is 1. The third kappa shape index (κ3) is 6.00. The Labute approximate surface area is 240 Å². The number of sulfonamides is 1. The summed E-state index contributed by atoms with van der Waals surface area (Å²) in [5.74, 6) is -0.944. The third-order valence-electron chi connectivity index (χ3n) is 7.24. The van der Waals surface area contributed by atoms with Crippen molar-refractivity contribution >= 4 is 27.5 Å². The highest BCUT2D eigenvalue weighted by molar-refractivity contribution is 7.92. The van der Waals surface area contributed by atoms with Crippen LogP contribution in [-0.4, -0.2) is 74.8 Å². The number of rotatable bonds is 8. The lowest BCUT2D eigenvalue weighted by atomic mass is 10.0. The number of nitrogens with zero attached hydrogens (tertiary/aromatic N) is 4. The van der Waals surface area contributed by atoms with Crippen LogP contribution in [0.25, 0.3) is 11.1 Å². The van der Waals surface area contributed by atoms with Crippen LogP contribution in [0.3, 0.4) is 0 Å². The molecule has 0 radical (unpaired) electrons. The van der Waals surface area contributed by atoms with Crippen molar-refractivity contribution in [1.29, 1.82) is 0 Å². The Hall–Kier alpha value is -3.91. The minimum atomic E-state index is -4.75. The van der Waals surface area contributed by atoms with E-state index in [0.29, 0.717) is 49.3 Å². The average Bonchev–Trinajstić information content (AvgIpc) is 2.94. The van der Waals surface area contributed by atoms with Crippen LogP contribution in [0.5, 0.6) is 5.75 Å². The minimum absolute atomic E-state index is 0.0888. The Balaban J connectivity index is 1.60. The molecule has 42 heavy (non-hydrogen) atoms. The molecule has 1 saturated heterocycles. The molecule has 0 aliphatic carbocycles. The van der Waals surface area contributed by atoms with E-state index in [2.05, 4.69) is 4.98 Å². The van der Waals surface area contributed by atoms with Crippen molar-refractivity contribution in [3.63, 3.8) is 0 Å². The molecule has 1 fully saturated rings. The largest absolute Gasteiger partial charge is 0.494 e.